The van der Waals surface area contributed by atoms with Gasteiger partial charge in [-0.15, -0.1) is 13.2 Å². The Balaban J connectivity index is 3.19. The van der Waals surface area contributed by atoms with Crippen molar-refractivity contribution in [2.24, 2.45) is 5.14 Å². The highest BCUT2D eigenvalue weighted by molar-refractivity contribution is 7.89. The summed E-state index contributed by atoms with van der Waals surface area (Å²) in [5, 5.41) is 4.63. The lowest BCUT2D eigenvalue weighted by Crippen LogP contribution is -2.18. The molecule has 0 saturated carbocycles. The van der Waals surface area contributed by atoms with Gasteiger partial charge in [-0.2, -0.15) is 0 Å². The smallest absolute Gasteiger partial charge is 0.406 e. The van der Waals surface area contributed by atoms with Gasteiger partial charge in [0.15, 0.2) is 0 Å². The number of sulfonamides is 1. The lowest BCUT2D eigenvalue weighted by atomic mass is 10.3. The number of rotatable bonds is 2. The largest absolute Gasteiger partial charge is 0.573 e. The van der Waals surface area contributed by atoms with E-state index in [-0.39, 0.29) is 0 Å². The normalized spacial score (nSPS) is 12.6. The van der Waals surface area contributed by atoms with Gasteiger partial charge in [0.05, 0.1) is 4.90 Å². The maximum atomic E-state index is 12.8. The Hall–Kier alpha value is -1.35. The molecule has 1 aromatic carbocycles. The van der Waals surface area contributed by atoms with E-state index in [1.54, 1.807) is 0 Å². The summed E-state index contributed by atoms with van der Waals surface area (Å²) in [5.41, 5.74) is 0. The molecule has 9 heteroatoms. The van der Waals surface area contributed by atoms with Crippen LogP contribution in [0.4, 0.5) is 17.6 Å². The number of halogens is 4. The van der Waals surface area contributed by atoms with Gasteiger partial charge in [-0.3, -0.25) is 0 Å². The van der Waals surface area contributed by atoms with Crippen LogP contribution in [0.3, 0.4) is 0 Å². The van der Waals surface area contributed by atoms with Crippen LogP contribution in [0.1, 0.15) is 0 Å². The number of benzene rings is 1. The van der Waals surface area contributed by atoms with Crippen molar-refractivity contribution < 1.29 is 30.7 Å². The maximum absolute atomic E-state index is 12.8. The van der Waals surface area contributed by atoms with E-state index in [2.05, 4.69) is 9.88 Å². The van der Waals surface area contributed by atoms with Gasteiger partial charge in [0.1, 0.15) is 11.6 Å². The number of nitrogens with two attached hydrogens (primary N) is 1. The molecule has 0 aliphatic carbocycles. The number of ether oxygens (including phenoxy) is 1. The summed E-state index contributed by atoms with van der Waals surface area (Å²) in [6.07, 6.45) is -5.04. The van der Waals surface area contributed by atoms with Gasteiger partial charge in [-0.05, 0) is 6.07 Å². The first-order valence-electron chi connectivity index (χ1n) is 3.67. The van der Waals surface area contributed by atoms with Gasteiger partial charge < -0.3 is 4.74 Å². The number of primary sulfonamides is 1. The molecule has 1 rings (SSSR count). The summed E-state index contributed by atoms with van der Waals surface area (Å²) in [4.78, 5) is -0.799. The molecule has 0 aromatic heterocycles. The maximum Gasteiger partial charge on any atom is 0.573 e. The van der Waals surface area contributed by atoms with E-state index >= 15 is 0 Å². The average Bonchev–Trinajstić information content (AvgIpc) is 1.97. The number of alkyl halides is 3. The zero-order valence-corrected chi connectivity index (χ0v) is 8.27. The van der Waals surface area contributed by atoms with Crippen LogP contribution in [0.15, 0.2) is 23.1 Å². The highest BCUT2D eigenvalue weighted by Gasteiger charge is 2.31. The summed E-state index contributed by atoms with van der Waals surface area (Å²) in [7, 11) is -4.29. The standard InChI is InChI=1S/C7H5F4NO3S/c8-4-1-5(15-7(9,10)11)3-6(2-4)16(12,13)14/h1-3H,(H2,12,13,14). The van der Waals surface area contributed by atoms with Crippen LogP contribution in [0.25, 0.3) is 0 Å². The van der Waals surface area contributed by atoms with Gasteiger partial charge in [0.25, 0.3) is 0 Å². The Morgan fingerprint density at radius 1 is 1.19 bits per heavy atom. The Labute approximate surface area is 87.7 Å². The van der Waals surface area contributed by atoms with Gasteiger partial charge in [0.2, 0.25) is 10.0 Å². The molecule has 4 nitrogen and oxygen atoms in total. The van der Waals surface area contributed by atoms with Crippen LogP contribution in [-0.4, -0.2) is 14.8 Å². The molecular formula is C7H5F4NO3S. The summed E-state index contributed by atoms with van der Waals surface area (Å²) in [5.74, 6) is -2.19. The van der Waals surface area contributed by atoms with Crippen molar-refractivity contribution in [3.63, 3.8) is 0 Å². The second kappa shape index (κ2) is 3.91. The second-order valence-corrected chi connectivity index (χ2v) is 4.28. The monoisotopic (exact) mass is 259 g/mol. The highest BCUT2D eigenvalue weighted by atomic mass is 32.2. The first-order chi connectivity index (χ1) is 7.08. The minimum absolute atomic E-state index is 0.391. The molecule has 2 N–H and O–H groups in total. The first-order valence-corrected chi connectivity index (χ1v) is 5.22. The molecule has 0 heterocycles. The second-order valence-electron chi connectivity index (χ2n) is 2.72. The molecule has 0 fully saturated rings. The SMILES string of the molecule is NS(=O)(=O)c1cc(F)cc(OC(F)(F)F)c1. The molecule has 0 saturated heterocycles. The molecule has 0 amide bonds. The van der Waals surface area contributed by atoms with Crippen LogP contribution in [0.2, 0.25) is 0 Å². The van der Waals surface area contributed by atoms with E-state index in [9.17, 15) is 26.0 Å². The third-order valence-electron chi connectivity index (χ3n) is 1.41. The van der Waals surface area contributed by atoms with E-state index in [1.165, 1.54) is 0 Å². The van der Waals surface area contributed by atoms with Crippen LogP contribution in [-0.2, 0) is 10.0 Å². The van der Waals surface area contributed by atoms with Crippen LogP contribution in [0, 0.1) is 5.82 Å². The van der Waals surface area contributed by atoms with Crippen molar-refractivity contribution in [1.82, 2.24) is 0 Å². The van der Waals surface area contributed by atoms with Crippen molar-refractivity contribution in [1.29, 1.82) is 0 Å². The molecule has 0 aliphatic heterocycles. The van der Waals surface area contributed by atoms with Crippen LogP contribution < -0.4 is 9.88 Å². The predicted molar refractivity (Wildman–Crippen MR) is 44.5 cm³/mol. The van der Waals surface area contributed by atoms with Crippen molar-refractivity contribution in [2.45, 2.75) is 11.3 Å². The third-order valence-corrected chi connectivity index (χ3v) is 2.30. The van der Waals surface area contributed by atoms with Crippen molar-refractivity contribution in [3.8, 4) is 5.75 Å². The minimum atomic E-state index is -5.04. The highest BCUT2D eigenvalue weighted by Crippen LogP contribution is 2.25. The fraction of sp³-hybridized carbons (Fsp3) is 0.143. The van der Waals surface area contributed by atoms with Crippen molar-refractivity contribution in [2.75, 3.05) is 0 Å². The summed E-state index contributed by atoms with van der Waals surface area (Å²) in [6.45, 7) is 0. The molecule has 0 bridgehead atoms. The average molecular weight is 259 g/mol. The fourth-order valence-corrected chi connectivity index (χ4v) is 1.45. The first kappa shape index (κ1) is 12.7. The molecule has 0 aliphatic rings. The van der Waals surface area contributed by atoms with E-state index in [0.29, 0.717) is 18.2 Å². The van der Waals surface area contributed by atoms with Gasteiger partial charge in [0, 0.05) is 12.1 Å². The Morgan fingerprint density at radius 2 is 1.75 bits per heavy atom. The summed E-state index contributed by atoms with van der Waals surface area (Å²) < 4.78 is 73.0. The Bertz CT molecular complexity index is 497. The van der Waals surface area contributed by atoms with E-state index in [4.69, 9.17) is 0 Å². The van der Waals surface area contributed by atoms with Crippen LogP contribution >= 0.6 is 0 Å². The summed E-state index contributed by atoms with van der Waals surface area (Å²) in [6, 6.07) is 1.35. The number of hydrogen-bond acceptors (Lipinski definition) is 3. The topological polar surface area (TPSA) is 69.4 Å². The van der Waals surface area contributed by atoms with Crippen LogP contribution in [0.5, 0.6) is 5.75 Å². The fourth-order valence-electron chi connectivity index (χ4n) is 0.894. The molecule has 90 valence electrons. The molecule has 0 atom stereocenters. The quantitative estimate of drug-likeness (QED) is 0.815. The molecule has 0 spiro atoms. The number of hydrogen-bond donors (Lipinski definition) is 1. The molecule has 16 heavy (non-hydrogen) atoms. The Kier molecular flexibility index (Phi) is 3.10. The summed E-state index contributed by atoms with van der Waals surface area (Å²) >= 11 is 0. The van der Waals surface area contributed by atoms with Gasteiger partial charge in [-0.25, -0.2) is 17.9 Å². The third kappa shape index (κ3) is 3.66. The minimum Gasteiger partial charge on any atom is -0.406 e. The zero-order chi connectivity index (χ0) is 12.6. The predicted octanol–water partition coefficient (Wildman–Crippen LogP) is 1.37. The van der Waals surface area contributed by atoms with E-state index in [0.717, 1.165) is 0 Å². The lowest BCUT2D eigenvalue weighted by Gasteiger charge is -2.09. The zero-order valence-electron chi connectivity index (χ0n) is 7.45. The molecular weight excluding hydrogens is 254 g/mol. The Morgan fingerprint density at radius 3 is 2.19 bits per heavy atom. The van der Waals surface area contributed by atoms with Gasteiger partial charge in [-0.1, -0.05) is 0 Å². The molecule has 1 aromatic rings. The molecule has 0 unspecified atom stereocenters. The van der Waals surface area contributed by atoms with Crippen molar-refractivity contribution in [3.05, 3.63) is 24.0 Å². The lowest BCUT2D eigenvalue weighted by molar-refractivity contribution is -0.274. The van der Waals surface area contributed by atoms with E-state index < -0.39 is 32.8 Å². The van der Waals surface area contributed by atoms with E-state index in [1.807, 2.05) is 0 Å². The molecule has 0 radical (unpaired) electrons. The van der Waals surface area contributed by atoms with Crippen molar-refractivity contribution >= 4 is 10.0 Å². The van der Waals surface area contributed by atoms with Gasteiger partial charge >= 0.3 is 6.36 Å².